The highest BCUT2D eigenvalue weighted by atomic mass is 35.5. The quantitative estimate of drug-likeness (QED) is 0.880. The molecule has 1 saturated heterocycles. The van der Waals surface area contributed by atoms with Crippen LogP contribution in [0.3, 0.4) is 0 Å². The van der Waals surface area contributed by atoms with E-state index in [0.717, 1.165) is 12.8 Å². The first-order valence-electron chi connectivity index (χ1n) is 6.64. The van der Waals surface area contributed by atoms with E-state index in [4.69, 9.17) is 11.6 Å². The molecule has 1 aromatic rings. The second kappa shape index (κ2) is 6.61. The van der Waals surface area contributed by atoms with Crippen molar-refractivity contribution < 1.29 is 9.59 Å². The number of nitrogens with one attached hydrogen (secondary N) is 2. The van der Waals surface area contributed by atoms with Gasteiger partial charge in [-0.15, -0.1) is 0 Å². The number of carbonyl (C=O) groups excluding carboxylic acids is 2. The molecule has 0 saturated carbocycles. The van der Waals surface area contributed by atoms with Gasteiger partial charge in [0.25, 0.3) is 0 Å². The molecule has 1 fully saturated rings. The van der Waals surface area contributed by atoms with Gasteiger partial charge in [-0.25, -0.2) is 4.79 Å². The number of para-hydroxylation sites is 1. The van der Waals surface area contributed by atoms with E-state index < -0.39 is 0 Å². The lowest BCUT2D eigenvalue weighted by Crippen LogP contribution is -2.47. The highest BCUT2D eigenvalue weighted by Gasteiger charge is 2.21. The zero-order valence-corrected chi connectivity index (χ0v) is 12.1. The summed E-state index contributed by atoms with van der Waals surface area (Å²) in [4.78, 5) is 24.9. The fourth-order valence-electron chi connectivity index (χ4n) is 2.25. The number of halogens is 1. The predicted octanol–water partition coefficient (Wildman–Crippen LogP) is 2.47. The van der Waals surface area contributed by atoms with E-state index in [1.54, 1.807) is 24.0 Å². The third-order valence-corrected chi connectivity index (χ3v) is 3.73. The van der Waals surface area contributed by atoms with Crippen LogP contribution in [0.2, 0.25) is 5.02 Å². The number of rotatable bonds is 2. The first-order valence-corrected chi connectivity index (χ1v) is 7.01. The number of hydrogen-bond donors (Lipinski definition) is 2. The summed E-state index contributed by atoms with van der Waals surface area (Å²) in [5, 5.41) is 6.14. The van der Waals surface area contributed by atoms with Gasteiger partial charge in [-0.1, -0.05) is 23.7 Å². The van der Waals surface area contributed by atoms with Crippen LogP contribution in [0.4, 0.5) is 10.5 Å². The summed E-state index contributed by atoms with van der Waals surface area (Å²) in [6, 6.07) is 6.92. The van der Waals surface area contributed by atoms with Crippen molar-refractivity contribution in [2.75, 3.05) is 18.4 Å². The maximum Gasteiger partial charge on any atom is 0.319 e. The van der Waals surface area contributed by atoms with Crippen molar-refractivity contribution in [3.8, 4) is 0 Å². The van der Waals surface area contributed by atoms with Crippen LogP contribution >= 0.6 is 11.6 Å². The Morgan fingerprint density at radius 3 is 2.50 bits per heavy atom. The zero-order valence-electron chi connectivity index (χ0n) is 11.4. The predicted molar refractivity (Wildman–Crippen MR) is 78.9 cm³/mol. The molecule has 0 radical (unpaired) electrons. The largest absolute Gasteiger partial charge is 0.343 e. The summed E-state index contributed by atoms with van der Waals surface area (Å²) in [7, 11) is 0. The van der Waals surface area contributed by atoms with E-state index in [9.17, 15) is 9.59 Å². The molecule has 20 heavy (non-hydrogen) atoms. The van der Waals surface area contributed by atoms with E-state index >= 15 is 0 Å². The van der Waals surface area contributed by atoms with Gasteiger partial charge >= 0.3 is 6.03 Å². The molecule has 108 valence electrons. The number of carbonyl (C=O) groups is 2. The molecule has 6 heteroatoms. The molecule has 0 aromatic heterocycles. The van der Waals surface area contributed by atoms with Gasteiger partial charge in [-0.3, -0.25) is 4.79 Å². The minimum absolute atomic E-state index is 0.0870. The Morgan fingerprint density at radius 2 is 1.90 bits per heavy atom. The second-order valence-electron chi connectivity index (χ2n) is 4.86. The molecule has 0 aliphatic carbocycles. The monoisotopic (exact) mass is 295 g/mol. The minimum Gasteiger partial charge on any atom is -0.343 e. The lowest BCUT2D eigenvalue weighted by atomic mass is 10.1. The van der Waals surface area contributed by atoms with Crippen molar-refractivity contribution in [1.29, 1.82) is 0 Å². The molecule has 0 atom stereocenters. The average molecular weight is 296 g/mol. The lowest BCUT2D eigenvalue weighted by molar-refractivity contribution is -0.129. The maximum atomic E-state index is 11.9. The molecular weight excluding hydrogens is 278 g/mol. The summed E-state index contributed by atoms with van der Waals surface area (Å²) in [5.74, 6) is 0.0870. The van der Waals surface area contributed by atoms with E-state index in [2.05, 4.69) is 10.6 Å². The molecule has 1 heterocycles. The first kappa shape index (κ1) is 14.7. The normalized spacial score (nSPS) is 15.8. The van der Waals surface area contributed by atoms with Gasteiger partial charge < -0.3 is 15.5 Å². The summed E-state index contributed by atoms with van der Waals surface area (Å²) in [6.07, 6.45) is 1.55. The van der Waals surface area contributed by atoms with Crippen LogP contribution in [0.1, 0.15) is 19.8 Å². The Kier molecular flexibility index (Phi) is 4.84. The molecular formula is C14H18ClN3O2. The SMILES string of the molecule is CC(=O)N1CCC(NC(=O)Nc2ccccc2Cl)CC1. The fraction of sp³-hybridized carbons (Fsp3) is 0.429. The highest BCUT2D eigenvalue weighted by molar-refractivity contribution is 6.33. The molecule has 1 aliphatic heterocycles. The van der Waals surface area contributed by atoms with Crippen LogP contribution in [0.15, 0.2) is 24.3 Å². The molecule has 3 amide bonds. The van der Waals surface area contributed by atoms with Crippen LogP contribution < -0.4 is 10.6 Å². The van der Waals surface area contributed by atoms with Crippen LogP contribution in [-0.4, -0.2) is 36.0 Å². The van der Waals surface area contributed by atoms with Crippen LogP contribution in [0.25, 0.3) is 0 Å². The third kappa shape index (κ3) is 3.87. The molecule has 1 aliphatic rings. The van der Waals surface area contributed by atoms with E-state index in [-0.39, 0.29) is 18.0 Å². The van der Waals surface area contributed by atoms with Gasteiger partial charge in [0.2, 0.25) is 5.91 Å². The van der Waals surface area contributed by atoms with E-state index in [1.807, 2.05) is 12.1 Å². The van der Waals surface area contributed by atoms with Crippen LogP contribution in [-0.2, 0) is 4.79 Å². The summed E-state index contributed by atoms with van der Waals surface area (Å²) in [6.45, 7) is 2.94. The van der Waals surface area contributed by atoms with Crippen molar-refractivity contribution >= 4 is 29.2 Å². The Labute approximate surface area is 123 Å². The lowest BCUT2D eigenvalue weighted by Gasteiger charge is -2.31. The van der Waals surface area contributed by atoms with Gasteiger partial charge in [0, 0.05) is 26.1 Å². The van der Waals surface area contributed by atoms with Crippen molar-refractivity contribution in [2.45, 2.75) is 25.8 Å². The van der Waals surface area contributed by atoms with Gasteiger partial charge in [0.15, 0.2) is 0 Å². The molecule has 0 spiro atoms. The molecule has 2 N–H and O–H groups in total. The summed E-state index contributed by atoms with van der Waals surface area (Å²) < 4.78 is 0. The summed E-state index contributed by atoms with van der Waals surface area (Å²) >= 11 is 5.98. The molecule has 5 nitrogen and oxygen atoms in total. The highest BCUT2D eigenvalue weighted by Crippen LogP contribution is 2.20. The minimum atomic E-state index is -0.264. The molecule has 2 rings (SSSR count). The van der Waals surface area contributed by atoms with Crippen molar-refractivity contribution in [3.63, 3.8) is 0 Å². The zero-order chi connectivity index (χ0) is 14.5. The topological polar surface area (TPSA) is 61.4 Å². The van der Waals surface area contributed by atoms with Gasteiger partial charge in [0.1, 0.15) is 0 Å². The van der Waals surface area contributed by atoms with Crippen LogP contribution in [0, 0.1) is 0 Å². The molecule has 1 aromatic carbocycles. The van der Waals surface area contributed by atoms with E-state index in [1.165, 1.54) is 0 Å². The molecule has 0 bridgehead atoms. The Morgan fingerprint density at radius 1 is 1.25 bits per heavy atom. The smallest absolute Gasteiger partial charge is 0.319 e. The fourth-order valence-corrected chi connectivity index (χ4v) is 2.43. The number of hydrogen-bond acceptors (Lipinski definition) is 2. The van der Waals surface area contributed by atoms with Gasteiger partial charge in [0.05, 0.1) is 10.7 Å². The third-order valence-electron chi connectivity index (χ3n) is 3.40. The summed E-state index contributed by atoms with van der Waals surface area (Å²) in [5.41, 5.74) is 0.591. The van der Waals surface area contributed by atoms with E-state index in [0.29, 0.717) is 23.8 Å². The first-order chi connectivity index (χ1) is 9.56. The number of piperidine rings is 1. The van der Waals surface area contributed by atoms with Crippen molar-refractivity contribution in [3.05, 3.63) is 29.3 Å². The second-order valence-corrected chi connectivity index (χ2v) is 5.27. The number of anilines is 1. The van der Waals surface area contributed by atoms with Crippen molar-refractivity contribution in [1.82, 2.24) is 10.2 Å². The standard InChI is InChI=1S/C14H18ClN3O2/c1-10(19)18-8-6-11(7-9-18)16-14(20)17-13-5-3-2-4-12(13)15/h2-5,11H,6-9H2,1H3,(H2,16,17,20). The van der Waals surface area contributed by atoms with Crippen molar-refractivity contribution in [2.24, 2.45) is 0 Å². The maximum absolute atomic E-state index is 11.9. The Hall–Kier alpha value is -1.75. The number of urea groups is 1. The average Bonchev–Trinajstić information content (AvgIpc) is 2.42. The van der Waals surface area contributed by atoms with Crippen LogP contribution in [0.5, 0.6) is 0 Å². The number of nitrogens with zero attached hydrogens (tertiary/aromatic N) is 1. The Bertz CT molecular complexity index is 499. The Balaban J connectivity index is 1.81. The number of amides is 3. The molecule has 0 unspecified atom stereocenters. The van der Waals surface area contributed by atoms with Gasteiger partial charge in [-0.05, 0) is 25.0 Å². The number of likely N-dealkylation sites (tertiary alicyclic amines) is 1. The number of benzene rings is 1. The van der Waals surface area contributed by atoms with Gasteiger partial charge in [-0.2, -0.15) is 0 Å².